The fourth-order valence-electron chi connectivity index (χ4n) is 4.65. The van der Waals surface area contributed by atoms with Gasteiger partial charge in [-0.3, -0.25) is 10.2 Å². The van der Waals surface area contributed by atoms with Gasteiger partial charge in [-0.1, -0.05) is 11.6 Å². The molecule has 0 saturated heterocycles. The van der Waals surface area contributed by atoms with Gasteiger partial charge in [0.2, 0.25) is 0 Å². The zero-order valence-electron chi connectivity index (χ0n) is 16.4. The monoisotopic (exact) mass is 432 g/mol. The Bertz CT molecular complexity index is 995. The van der Waals surface area contributed by atoms with Crippen LogP contribution in [0.15, 0.2) is 18.5 Å². The molecular formula is C20H22ClFN6O2. The van der Waals surface area contributed by atoms with Crippen LogP contribution in [-0.4, -0.2) is 39.8 Å². The summed E-state index contributed by atoms with van der Waals surface area (Å²) < 4.78 is 18.6. The van der Waals surface area contributed by atoms with E-state index in [9.17, 15) is 9.18 Å². The van der Waals surface area contributed by atoms with Crippen molar-refractivity contribution in [3.63, 3.8) is 0 Å². The first kappa shape index (κ1) is 20.5. The Kier molecular flexibility index (Phi) is 5.55. The number of fused-ring (bicyclic) bond motifs is 3. The van der Waals surface area contributed by atoms with Crippen LogP contribution in [-0.2, 0) is 9.53 Å². The highest BCUT2D eigenvalue weighted by atomic mass is 35.5. The molecule has 10 heteroatoms. The van der Waals surface area contributed by atoms with Crippen LogP contribution in [0.25, 0.3) is 0 Å². The first-order valence-electron chi connectivity index (χ1n) is 9.76. The van der Waals surface area contributed by atoms with E-state index >= 15 is 0 Å². The van der Waals surface area contributed by atoms with Gasteiger partial charge in [0.1, 0.15) is 28.2 Å². The summed E-state index contributed by atoms with van der Waals surface area (Å²) >= 11 is 6.31. The maximum Gasteiger partial charge on any atom is 0.311 e. The van der Waals surface area contributed by atoms with E-state index in [-0.39, 0.29) is 51.8 Å². The number of nitrogens with zero attached hydrogens (tertiary/aromatic N) is 3. The van der Waals surface area contributed by atoms with E-state index in [1.165, 1.54) is 13.3 Å². The third kappa shape index (κ3) is 3.69. The SMILES string of the molecule is COC(=O)C1C2CCC(CC2)[C@@H]1Nc1nc(C(=N)c2cc(F)cnc2N)ncc1Cl. The molecule has 3 aliphatic rings. The van der Waals surface area contributed by atoms with Gasteiger partial charge in [-0.2, -0.15) is 0 Å². The maximum atomic E-state index is 13.6. The molecule has 0 spiro atoms. The van der Waals surface area contributed by atoms with Gasteiger partial charge in [-0.05, 0) is 43.6 Å². The van der Waals surface area contributed by atoms with E-state index in [2.05, 4.69) is 20.3 Å². The van der Waals surface area contributed by atoms with Crippen molar-refractivity contribution in [2.45, 2.75) is 31.7 Å². The lowest BCUT2D eigenvalue weighted by Crippen LogP contribution is -2.51. The zero-order chi connectivity index (χ0) is 21.4. The summed E-state index contributed by atoms with van der Waals surface area (Å²) in [6.07, 6.45) is 6.40. The van der Waals surface area contributed by atoms with Crippen LogP contribution >= 0.6 is 11.6 Å². The predicted octanol–water partition coefficient (Wildman–Crippen LogP) is 3.05. The van der Waals surface area contributed by atoms with Gasteiger partial charge in [0.25, 0.3) is 0 Å². The first-order valence-corrected chi connectivity index (χ1v) is 10.1. The maximum absolute atomic E-state index is 13.6. The van der Waals surface area contributed by atoms with Crippen molar-refractivity contribution in [2.75, 3.05) is 18.2 Å². The number of hydrogen-bond donors (Lipinski definition) is 3. The van der Waals surface area contributed by atoms with Crippen molar-refractivity contribution in [2.24, 2.45) is 17.8 Å². The van der Waals surface area contributed by atoms with Crippen LogP contribution in [0.2, 0.25) is 5.02 Å². The number of nitrogen functional groups attached to an aromatic ring is 1. The summed E-state index contributed by atoms with van der Waals surface area (Å²) in [5, 5.41) is 11.9. The second-order valence-corrected chi connectivity index (χ2v) is 8.15. The van der Waals surface area contributed by atoms with Crippen molar-refractivity contribution in [1.82, 2.24) is 15.0 Å². The van der Waals surface area contributed by atoms with E-state index in [0.717, 1.165) is 37.9 Å². The van der Waals surface area contributed by atoms with E-state index < -0.39 is 5.82 Å². The minimum absolute atomic E-state index is 0.00445. The Labute approximate surface area is 177 Å². The predicted molar refractivity (Wildman–Crippen MR) is 110 cm³/mol. The van der Waals surface area contributed by atoms with E-state index in [1.54, 1.807) is 0 Å². The van der Waals surface area contributed by atoms with Gasteiger partial charge in [-0.15, -0.1) is 0 Å². The normalized spacial score (nSPS) is 25.0. The lowest BCUT2D eigenvalue weighted by Gasteiger charge is -2.47. The lowest BCUT2D eigenvalue weighted by molar-refractivity contribution is -0.152. The van der Waals surface area contributed by atoms with Crippen LogP contribution in [0.3, 0.4) is 0 Å². The highest BCUT2D eigenvalue weighted by Gasteiger charge is 2.48. The topological polar surface area (TPSA) is 127 Å². The van der Waals surface area contributed by atoms with Crippen LogP contribution in [0.5, 0.6) is 0 Å². The van der Waals surface area contributed by atoms with Gasteiger partial charge in [0.05, 0.1) is 25.4 Å². The zero-order valence-corrected chi connectivity index (χ0v) is 17.1. The van der Waals surface area contributed by atoms with Crippen molar-refractivity contribution < 1.29 is 13.9 Å². The number of nitrogens with one attached hydrogen (secondary N) is 2. The third-order valence-corrected chi connectivity index (χ3v) is 6.39. The lowest BCUT2D eigenvalue weighted by atomic mass is 9.61. The summed E-state index contributed by atoms with van der Waals surface area (Å²) in [6, 6.07) is 0.948. The Morgan fingerprint density at radius 2 is 1.97 bits per heavy atom. The Balaban J connectivity index is 1.64. The van der Waals surface area contributed by atoms with Crippen LogP contribution in [0, 0.1) is 29.0 Å². The van der Waals surface area contributed by atoms with Crippen LogP contribution in [0.1, 0.15) is 37.1 Å². The molecule has 3 fully saturated rings. The molecule has 158 valence electrons. The Morgan fingerprint density at radius 3 is 2.67 bits per heavy atom. The molecule has 4 N–H and O–H groups in total. The standard InChI is InChI=1S/C20H22ClFN6O2/c1-30-20(29)14-9-2-4-10(5-3-9)16(14)27-18-13(21)8-26-19(28-18)15(23)12-6-11(22)7-25-17(12)24/h6-10,14,16,23H,2-5H2,1H3,(H2,24,25)(H,26,27,28)/t9?,10?,14?,16-/m0/s1. The molecule has 0 amide bonds. The Hall–Kier alpha value is -2.81. The molecule has 5 rings (SSSR count). The molecule has 0 aliphatic heterocycles. The quantitative estimate of drug-likeness (QED) is 0.489. The molecule has 2 bridgehead atoms. The Morgan fingerprint density at radius 1 is 1.27 bits per heavy atom. The average molecular weight is 433 g/mol. The van der Waals surface area contributed by atoms with Gasteiger partial charge in [0.15, 0.2) is 5.82 Å². The van der Waals surface area contributed by atoms with E-state index in [1.807, 2.05) is 0 Å². The number of pyridine rings is 1. The molecule has 2 atom stereocenters. The minimum atomic E-state index is -0.615. The number of halogens is 2. The number of aromatic nitrogens is 3. The molecule has 30 heavy (non-hydrogen) atoms. The molecule has 3 aliphatic carbocycles. The molecular weight excluding hydrogens is 411 g/mol. The molecule has 0 aromatic carbocycles. The van der Waals surface area contributed by atoms with Crippen molar-refractivity contribution >= 4 is 34.9 Å². The number of methoxy groups -OCH3 is 1. The average Bonchev–Trinajstić information content (AvgIpc) is 2.76. The van der Waals surface area contributed by atoms with E-state index in [4.69, 9.17) is 27.5 Å². The second-order valence-electron chi connectivity index (χ2n) is 7.75. The molecule has 2 aromatic heterocycles. The summed E-state index contributed by atoms with van der Waals surface area (Å²) in [4.78, 5) is 24.7. The molecule has 8 nitrogen and oxygen atoms in total. The fraction of sp³-hybridized carbons (Fsp3) is 0.450. The smallest absolute Gasteiger partial charge is 0.311 e. The number of ether oxygens (including phenoxy) is 1. The van der Waals surface area contributed by atoms with E-state index in [0.29, 0.717) is 11.7 Å². The first-order chi connectivity index (χ1) is 14.4. The molecule has 2 heterocycles. The van der Waals surface area contributed by atoms with Crippen LogP contribution < -0.4 is 11.1 Å². The largest absolute Gasteiger partial charge is 0.469 e. The van der Waals surface area contributed by atoms with Gasteiger partial charge < -0.3 is 15.8 Å². The number of nitrogens with two attached hydrogens (primary N) is 1. The van der Waals surface area contributed by atoms with Gasteiger partial charge >= 0.3 is 5.97 Å². The van der Waals surface area contributed by atoms with Gasteiger partial charge in [0, 0.05) is 11.6 Å². The number of esters is 1. The fourth-order valence-corrected chi connectivity index (χ4v) is 4.80. The summed E-state index contributed by atoms with van der Waals surface area (Å²) in [5.74, 6) is -0.219. The van der Waals surface area contributed by atoms with Crippen LogP contribution in [0.4, 0.5) is 16.0 Å². The summed E-state index contributed by atoms with van der Waals surface area (Å²) in [5.41, 5.74) is 5.70. The molecule has 3 saturated carbocycles. The minimum Gasteiger partial charge on any atom is -0.469 e. The number of hydrogen-bond acceptors (Lipinski definition) is 8. The summed E-state index contributed by atoms with van der Waals surface area (Å²) in [6.45, 7) is 0. The number of carbonyl (C=O) groups is 1. The second kappa shape index (κ2) is 8.14. The van der Waals surface area contributed by atoms with Crippen molar-refractivity contribution in [3.8, 4) is 0 Å². The van der Waals surface area contributed by atoms with Crippen molar-refractivity contribution in [3.05, 3.63) is 40.7 Å². The number of anilines is 2. The summed E-state index contributed by atoms with van der Waals surface area (Å²) in [7, 11) is 1.40. The highest BCUT2D eigenvalue weighted by Crippen LogP contribution is 2.47. The van der Waals surface area contributed by atoms with Crippen molar-refractivity contribution in [1.29, 1.82) is 5.41 Å². The molecule has 1 unspecified atom stereocenters. The van der Waals surface area contributed by atoms with Gasteiger partial charge in [-0.25, -0.2) is 19.3 Å². The molecule has 2 aromatic rings. The molecule has 0 radical (unpaired) electrons. The highest BCUT2D eigenvalue weighted by molar-refractivity contribution is 6.32. The third-order valence-electron chi connectivity index (χ3n) is 6.12. The number of rotatable bonds is 5. The number of carbonyl (C=O) groups excluding carboxylic acids is 1.